The van der Waals surface area contributed by atoms with Crippen molar-refractivity contribution in [2.75, 3.05) is 19.8 Å². The molecule has 0 saturated carbocycles. The molecule has 8 N–H and O–H groups in total. The molecule has 222 valence electrons. The van der Waals surface area contributed by atoms with E-state index in [2.05, 4.69) is 17.6 Å². The zero-order chi connectivity index (χ0) is 28.2. The molecule has 0 radical (unpaired) electrons. The van der Waals surface area contributed by atoms with Crippen LogP contribution in [0.1, 0.15) is 65.2 Å². The lowest BCUT2D eigenvalue weighted by molar-refractivity contribution is -0.290. The summed E-state index contributed by atoms with van der Waals surface area (Å²) in [7, 11) is 0. The fourth-order valence-electron chi connectivity index (χ4n) is 4.70. The standard InChI is InChI=1S/C25H46N2O11/c1-3-4-5-6-7-8-11-26-18(30)10-9-15-20(31)24(35)22(33)17(37-15)13-36-25-19(27-14(2)29)23(34)21(32)16(12-28)38-25/h15-17,19-25,28,31-35H,3-13H2,1-2H3,(H,26,30)(H,27,29)/t15-,16-,17-,19-,20+,21-,22-,23-,24-,25-/m1/s1. The van der Waals surface area contributed by atoms with Crippen molar-refractivity contribution in [1.82, 2.24) is 10.6 Å². The molecule has 13 nitrogen and oxygen atoms in total. The second-order valence-electron chi connectivity index (χ2n) is 10.1. The van der Waals surface area contributed by atoms with Gasteiger partial charge >= 0.3 is 0 Å². The molecule has 10 atom stereocenters. The van der Waals surface area contributed by atoms with Crippen molar-refractivity contribution in [3.8, 4) is 0 Å². The smallest absolute Gasteiger partial charge is 0.220 e. The average molecular weight is 551 g/mol. The highest BCUT2D eigenvalue weighted by molar-refractivity contribution is 5.75. The summed E-state index contributed by atoms with van der Waals surface area (Å²) in [6.45, 7) is 2.91. The highest BCUT2D eigenvalue weighted by Gasteiger charge is 2.47. The van der Waals surface area contributed by atoms with E-state index in [1.807, 2.05) is 0 Å². The van der Waals surface area contributed by atoms with Gasteiger partial charge in [-0.2, -0.15) is 0 Å². The minimum Gasteiger partial charge on any atom is -0.394 e. The lowest BCUT2D eigenvalue weighted by Gasteiger charge is -2.44. The molecule has 0 bridgehead atoms. The number of aliphatic hydroxyl groups excluding tert-OH is 6. The Kier molecular flexibility index (Phi) is 14.4. The summed E-state index contributed by atoms with van der Waals surface area (Å²) in [4.78, 5) is 23.8. The number of ether oxygens (including phenoxy) is 3. The van der Waals surface area contributed by atoms with E-state index < -0.39 is 73.7 Å². The third-order valence-electron chi connectivity index (χ3n) is 7.00. The van der Waals surface area contributed by atoms with Gasteiger partial charge in [0.25, 0.3) is 0 Å². The van der Waals surface area contributed by atoms with E-state index in [0.29, 0.717) is 6.54 Å². The second-order valence-corrected chi connectivity index (χ2v) is 10.1. The van der Waals surface area contributed by atoms with Crippen LogP contribution in [0.15, 0.2) is 0 Å². The zero-order valence-corrected chi connectivity index (χ0v) is 22.3. The number of carbonyl (C=O) groups excluding carboxylic acids is 2. The fourth-order valence-corrected chi connectivity index (χ4v) is 4.70. The largest absolute Gasteiger partial charge is 0.394 e. The summed E-state index contributed by atoms with van der Waals surface area (Å²) >= 11 is 0. The van der Waals surface area contributed by atoms with Crippen molar-refractivity contribution in [3.63, 3.8) is 0 Å². The molecular formula is C25H46N2O11. The molecule has 0 aliphatic carbocycles. The fraction of sp³-hybridized carbons (Fsp3) is 0.920. The summed E-state index contributed by atoms with van der Waals surface area (Å²) in [6.07, 6.45) is -5.36. The van der Waals surface area contributed by atoms with Crippen LogP contribution in [0, 0.1) is 0 Å². The lowest BCUT2D eigenvalue weighted by Crippen LogP contribution is -2.65. The first-order valence-electron chi connectivity index (χ1n) is 13.6. The normalized spacial score (nSPS) is 35.6. The Hall–Kier alpha value is -1.42. The summed E-state index contributed by atoms with van der Waals surface area (Å²) < 4.78 is 16.9. The average Bonchev–Trinajstić information content (AvgIpc) is 2.89. The van der Waals surface area contributed by atoms with E-state index in [9.17, 15) is 40.2 Å². The number of hydrogen-bond donors (Lipinski definition) is 8. The molecule has 2 amide bonds. The van der Waals surface area contributed by atoms with Crippen LogP contribution >= 0.6 is 0 Å². The molecule has 2 aliphatic heterocycles. The molecule has 0 spiro atoms. The Labute approximate surface area is 223 Å². The molecule has 2 heterocycles. The van der Waals surface area contributed by atoms with Crippen LogP contribution in [0.25, 0.3) is 0 Å². The number of nitrogens with one attached hydrogen (secondary N) is 2. The second kappa shape index (κ2) is 16.6. The highest BCUT2D eigenvalue weighted by Crippen LogP contribution is 2.27. The van der Waals surface area contributed by atoms with Crippen molar-refractivity contribution in [2.45, 2.75) is 126 Å². The van der Waals surface area contributed by atoms with Gasteiger partial charge in [0.2, 0.25) is 11.8 Å². The van der Waals surface area contributed by atoms with Gasteiger partial charge in [0.15, 0.2) is 6.29 Å². The number of amides is 2. The van der Waals surface area contributed by atoms with Gasteiger partial charge in [-0.1, -0.05) is 39.0 Å². The first-order chi connectivity index (χ1) is 18.1. The summed E-state index contributed by atoms with van der Waals surface area (Å²) in [6, 6.07) is -1.19. The maximum Gasteiger partial charge on any atom is 0.220 e. The van der Waals surface area contributed by atoms with E-state index in [1.165, 1.54) is 26.2 Å². The maximum absolute atomic E-state index is 12.2. The Bertz CT molecular complexity index is 715. The van der Waals surface area contributed by atoms with E-state index in [1.54, 1.807) is 0 Å². The molecule has 2 saturated heterocycles. The van der Waals surface area contributed by atoms with Gasteiger partial charge in [0.05, 0.1) is 19.3 Å². The lowest BCUT2D eigenvalue weighted by atomic mass is 9.92. The molecule has 2 fully saturated rings. The minimum absolute atomic E-state index is 0.0482. The van der Waals surface area contributed by atoms with Gasteiger partial charge in [-0.3, -0.25) is 9.59 Å². The minimum atomic E-state index is -1.57. The van der Waals surface area contributed by atoms with Crippen LogP contribution in [0.2, 0.25) is 0 Å². The zero-order valence-electron chi connectivity index (χ0n) is 22.3. The number of carbonyl (C=O) groups is 2. The van der Waals surface area contributed by atoms with Crippen LogP contribution in [-0.2, 0) is 23.8 Å². The monoisotopic (exact) mass is 550 g/mol. The van der Waals surface area contributed by atoms with Gasteiger partial charge in [-0.25, -0.2) is 0 Å². The summed E-state index contributed by atoms with van der Waals surface area (Å²) in [5.41, 5.74) is 0. The molecule has 0 aromatic heterocycles. The number of aliphatic hydroxyl groups is 6. The molecule has 2 aliphatic rings. The molecule has 38 heavy (non-hydrogen) atoms. The quantitative estimate of drug-likeness (QED) is 0.105. The third kappa shape index (κ3) is 9.65. The molecule has 0 aromatic rings. The topological polar surface area (TPSA) is 207 Å². The van der Waals surface area contributed by atoms with Crippen LogP contribution in [0.4, 0.5) is 0 Å². The number of unbranched alkanes of at least 4 members (excludes halogenated alkanes) is 5. The number of hydrogen-bond acceptors (Lipinski definition) is 11. The van der Waals surface area contributed by atoms with Gasteiger partial charge in [-0.15, -0.1) is 0 Å². The van der Waals surface area contributed by atoms with Crippen LogP contribution in [0.5, 0.6) is 0 Å². The Morgan fingerprint density at radius 2 is 1.45 bits per heavy atom. The predicted molar refractivity (Wildman–Crippen MR) is 134 cm³/mol. The van der Waals surface area contributed by atoms with Crippen LogP contribution < -0.4 is 10.6 Å². The summed E-state index contributed by atoms with van der Waals surface area (Å²) in [5.74, 6) is -0.734. The SMILES string of the molecule is CCCCCCCCNC(=O)CC[C@H]1O[C@H](CO[C@@H]2O[C@H](CO)[C@@H](O)[C@H](O)[C@H]2NC(C)=O)[C@@H](O)[C@H](O)[C@H]1O. The maximum atomic E-state index is 12.2. The van der Waals surface area contributed by atoms with E-state index in [4.69, 9.17) is 14.2 Å². The Morgan fingerprint density at radius 1 is 0.816 bits per heavy atom. The van der Waals surface area contributed by atoms with Crippen molar-refractivity contribution in [3.05, 3.63) is 0 Å². The molecule has 2 rings (SSSR count). The van der Waals surface area contributed by atoms with E-state index in [0.717, 1.165) is 19.3 Å². The van der Waals surface area contributed by atoms with Crippen molar-refractivity contribution < 1.29 is 54.4 Å². The molecule has 0 unspecified atom stereocenters. The third-order valence-corrected chi connectivity index (χ3v) is 7.00. The van der Waals surface area contributed by atoms with Crippen LogP contribution in [-0.4, -0.2) is 123 Å². The molecule has 0 aromatic carbocycles. The van der Waals surface area contributed by atoms with Crippen molar-refractivity contribution >= 4 is 11.8 Å². The van der Waals surface area contributed by atoms with E-state index in [-0.39, 0.29) is 25.4 Å². The first-order valence-corrected chi connectivity index (χ1v) is 13.6. The molecule has 13 heteroatoms. The predicted octanol–water partition coefficient (Wildman–Crippen LogP) is -1.95. The van der Waals surface area contributed by atoms with Gasteiger partial charge in [0.1, 0.15) is 48.8 Å². The van der Waals surface area contributed by atoms with Crippen molar-refractivity contribution in [2.24, 2.45) is 0 Å². The van der Waals surface area contributed by atoms with Gasteiger partial charge < -0.3 is 55.5 Å². The van der Waals surface area contributed by atoms with Gasteiger partial charge in [0, 0.05) is 19.9 Å². The highest BCUT2D eigenvalue weighted by atomic mass is 16.7. The van der Waals surface area contributed by atoms with Gasteiger partial charge in [-0.05, 0) is 12.8 Å². The number of rotatable bonds is 15. The molecular weight excluding hydrogens is 504 g/mol. The van der Waals surface area contributed by atoms with Crippen molar-refractivity contribution in [1.29, 1.82) is 0 Å². The van der Waals surface area contributed by atoms with E-state index >= 15 is 0 Å². The summed E-state index contributed by atoms with van der Waals surface area (Å²) in [5, 5.41) is 66.4. The Morgan fingerprint density at radius 3 is 2.11 bits per heavy atom. The van der Waals surface area contributed by atoms with Crippen LogP contribution in [0.3, 0.4) is 0 Å². The Balaban J connectivity index is 1.88. The first kappa shape index (κ1) is 32.8.